The molecular weight excluding hydrogens is 243 g/mol. The summed E-state index contributed by atoms with van der Waals surface area (Å²) in [5.74, 6) is 5.54. The van der Waals surface area contributed by atoms with Crippen LogP contribution < -0.4 is 0 Å². The standard InChI is InChI=1S/C16H19FO2/c17-16-10-13(6-3-9-18)7-8-15(16)12-19-11-14-4-1-2-5-14/h7-8,10,14,18H,1-2,4-5,9,11-12H2. The van der Waals surface area contributed by atoms with Crippen molar-refractivity contribution < 1.29 is 14.2 Å². The molecule has 0 heterocycles. The molecule has 1 aromatic rings. The van der Waals surface area contributed by atoms with Gasteiger partial charge in [-0.2, -0.15) is 0 Å². The van der Waals surface area contributed by atoms with Gasteiger partial charge < -0.3 is 9.84 Å². The highest BCUT2D eigenvalue weighted by atomic mass is 19.1. The maximum Gasteiger partial charge on any atom is 0.129 e. The second-order valence-corrected chi connectivity index (χ2v) is 4.93. The minimum atomic E-state index is -0.295. The molecule has 1 saturated carbocycles. The highest BCUT2D eigenvalue weighted by molar-refractivity contribution is 5.36. The number of aliphatic hydroxyl groups is 1. The monoisotopic (exact) mass is 262 g/mol. The van der Waals surface area contributed by atoms with Gasteiger partial charge >= 0.3 is 0 Å². The van der Waals surface area contributed by atoms with Crippen LogP contribution in [0.5, 0.6) is 0 Å². The van der Waals surface area contributed by atoms with Crippen LogP contribution in [0.25, 0.3) is 0 Å². The number of benzene rings is 1. The smallest absolute Gasteiger partial charge is 0.129 e. The van der Waals surface area contributed by atoms with Crippen molar-refractivity contribution >= 4 is 0 Å². The Morgan fingerprint density at radius 2 is 2.11 bits per heavy atom. The zero-order chi connectivity index (χ0) is 13.5. The van der Waals surface area contributed by atoms with E-state index in [-0.39, 0.29) is 12.4 Å². The van der Waals surface area contributed by atoms with Crippen LogP contribution in [0.1, 0.15) is 36.8 Å². The third-order valence-electron chi connectivity index (χ3n) is 3.45. The summed E-state index contributed by atoms with van der Waals surface area (Å²) < 4.78 is 19.4. The van der Waals surface area contributed by atoms with Crippen LogP contribution in [0.15, 0.2) is 18.2 Å². The number of halogens is 1. The van der Waals surface area contributed by atoms with Crippen LogP contribution in [0, 0.1) is 23.6 Å². The van der Waals surface area contributed by atoms with Crippen molar-refractivity contribution in [3.8, 4) is 11.8 Å². The fourth-order valence-corrected chi connectivity index (χ4v) is 2.40. The van der Waals surface area contributed by atoms with E-state index in [0.717, 1.165) is 6.61 Å². The highest BCUT2D eigenvalue weighted by Crippen LogP contribution is 2.25. The molecule has 0 saturated heterocycles. The number of hydrogen-bond donors (Lipinski definition) is 1. The molecule has 2 nitrogen and oxygen atoms in total. The molecule has 1 N–H and O–H groups in total. The lowest BCUT2D eigenvalue weighted by atomic mass is 10.1. The normalized spacial score (nSPS) is 15.3. The molecule has 0 unspecified atom stereocenters. The van der Waals surface area contributed by atoms with Gasteiger partial charge in [0.2, 0.25) is 0 Å². The molecule has 2 rings (SSSR count). The van der Waals surface area contributed by atoms with Gasteiger partial charge in [-0.3, -0.25) is 0 Å². The third-order valence-corrected chi connectivity index (χ3v) is 3.45. The third kappa shape index (κ3) is 4.34. The molecule has 1 fully saturated rings. The highest BCUT2D eigenvalue weighted by Gasteiger charge is 2.15. The zero-order valence-electron chi connectivity index (χ0n) is 11.0. The predicted molar refractivity (Wildman–Crippen MR) is 72.0 cm³/mol. The molecular formula is C16H19FO2. The van der Waals surface area contributed by atoms with Gasteiger partial charge in [-0.25, -0.2) is 4.39 Å². The van der Waals surface area contributed by atoms with E-state index in [1.165, 1.54) is 31.7 Å². The number of aliphatic hydroxyl groups excluding tert-OH is 1. The van der Waals surface area contributed by atoms with Crippen LogP contribution in [-0.4, -0.2) is 18.3 Å². The lowest BCUT2D eigenvalue weighted by Gasteiger charge is -2.10. The molecule has 0 atom stereocenters. The van der Waals surface area contributed by atoms with E-state index >= 15 is 0 Å². The topological polar surface area (TPSA) is 29.5 Å². The molecule has 3 heteroatoms. The maximum atomic E-state index is 13.8. The predicted octanol–water partition coefficient (Wildman–Crippen LogP) is 2.88. The van der Waals surface area contributed by atoms with Crippen LogP contribution in [0.3, 0.4) is 0 Å². The first-order valence-corrected chi connectivity index (χ1v) is 6.75. The summed E-state index contributed by atoms with van der Waals surface area (Å²) in [5, 5.41) is 8.58. The zero-order valence-corrected chi connectivity index (χ0v) is 11.0. The van der Waals surface area contributed by atoms with Crippen molar-refractivity contribution in [1.82, 2.24) is 0 Å². The molecule has 1 aromatic carbocycles. The van der Waals surface area contributed by atoms with Gasteiger partial charge in [0.1, 0.15) is 12.4 Å². The molecule has 0 aromatic heterocycles. The largest absolute Gasteiger partial charge is 0.384 e. The minimum absolute atomic E-state index is 0.214. The van der Waals surface area contributed by atoms with E-state index in [2.05, 4.69) is 11.8 Å². The van der Waals surface area contributed by atoms with Crippen molar-refractivity contribution in [3.05, 3.63) is 35.1 Å². The Kier molecular flexibility index (Phi) is 5.38. The van der Waals surface area contributed by atoms with Gasteiger partial charge in [0.25, 0.3) is 0 Å². The van der Waals surface area contributed by atoms with Gasteiger partial charge in [0.15, 0.2) is 0 Å². The van der Waals surface area contributed by atoms with Gasteiger partial charge in [-0.1, -0.05) is 30.7 Å². The summed E-state index contributed by atoms with van der Waals surface area (Å²) >= 11 is 0. The van der Waals surface area contributed by atoms with Gasteiger partial charge in [-0.15, -0.1) is 0 Å². The fraction of sp³-hybridized carbons (Fsp3) is 0.500. The molecule has 1 aliphatic rings. The average molecular weight is 262 g/mol. The lowest BCUT2D eigenvalue weighted by Crippen LogP contribution is -2.06. The Balaban J connectivity index is 1.86. The summed E-state index contributed by atoms with van der Waals surface area (Å²) in [7, 11) is 0. The quantitative estimate of drug-likeness (QED) is 0.845. The molecule has 0 bridgehead atoms. The first-order valence-electron chi connectivity index (χ1n) is 6.75. The van der Waals surface area contributed by atoms with E-state index in [0.29, 0.717) is 23.7 Å². The Morgan fingerprint density at radius 1 is 1.32 bits per heavy atom. The molecule has 19 heavy (non-hydrogen) atoms. The van der Waals surface area contributed by atoms with Gasteiger partial charge in [0.05, 0.1) is 6.61 Å². The lowest BCUT2D eigenvalue weighted by molar-refractivity contribution is 0.0870. The number of rotatable bonds is 4. The first-order chi connectivity index (χ1) is 9.29. The minimum Gasteiger partial charge on any atom is -0.384 e. The molecule has 0 aliphatic heterocycles. The van der Waals surface area contributed by atoms with Crippen LogP contribution in [-0.2, 0) is 11.3 Å². The molecule has 102 valence electrons. The molecule has 0 spiro atoms. The van der Waals surface area contributed by atoms with E-state index < -0.39 is 0 Å². The van der Waals surface area contributed by atoms with Gasteiger partial charge in [-0.05, 0) is 30.9 Å². The Labute approximate surface area is 113 Å². The second kappa shape index (κ2) is 7.28. The fourth-order valence-electron chi connectivity index (χ4n) is 2.40. The van der Waals surface area contributed by atoms with Crippen LogP contribution in [0.4, 0.5) is 4.39 Å². The van der Waals surface area contributed by atoms with Crippen molar-refractivity contribution in [1.29, 1.82) is 0 Å². The summed E-state index contributed by atoms with van der Waals surface area (Å²) in [6, 6.07) is 4.84. The van der Waals surface area contributed by atoms with Crippen LogP contribution >= 0.6 is 0 Å². The second-order valence-electron chi connectivity index (χ2n) is 4.93. The Hall–Kier alpha value is -1.37. The average Bonchev–Trinajstić information content (AvgIpc) is 2.92. The van der Waals surface area contributed by atoms with E-state index in [9.17, 15) is 4.39 Å². The van der Waals surface area contributed by atoms with Crippen molar-refractivity contribution in [2.24, 2.45) is 5.92 Å². The van der Waals surface area contributed by atoms with Crippen molar-refractivity contribution in [3.63, 3.8) is 0 Å². The maximum absolute atomic E-state index is 13.8. The first kappa shape index (κ1) is 14.0. The summed E-state index contributed by atoms with van der Waals surface area (Å²) in [4.78, 5) is 0. The van der Waals surface area contributed by atoms with Gasteiger partial charge in [0, 0.05) is 17.7 Å². The van der Waals surface area contributed by atoms with Crippen molar-refractivity contribution in [2.75, 3.05) is 13.2 Å². The van der Waals surface area contributed by atoms with Crippen LogP contribution in [0.2, 0.25) is 0 Å². The van der Waals surface area contributed by atoms with E-state index in [1.54, 1.807) is 12.1 Å². The Morgan fingerprint density at radius 3 is 2.79 bits per heavy atom. The SMILES string of the molecule is OCC#Cc1ccc(COCC2CCCC2)c(F)c1. The Bertz CT molecular complexity index is 467. The summed E-state index contributed by atoms with van der Waals surface area (Å²) in [5.41, 5.74) is 1.14. The number of ether oxygens (including phenoxy) is 1. The summed E-state index contributed by atoms with van der Waals surface area (Å²) in [6.07, 6.45) is 5.05. The summed E-state index contributed by atoms with van der Waals surface area (Å²) in [6.45, 7) is 0.829. The molecule has 0 radical (unpaired) electrons. The van der Waals surface area contributed by atoms with Crippen molar-refractivity contribution in [2.45, 2.75) is 32.3 Å². The van der Waals surface area contributed by atoms with E-state index in [1.807, 2.05) is 0 Å². The number of hydrogen-bond acceptors (Lipinski definition) is 2. The molecule has 0 amide bonds. The van der Waals surface area contributed by atoms with E-state index in [4.69, 9.17) is 9.84 Å². The molecule has 1 aliphatic carbocycles.